The molecule has 1 aliphatic heterocycles. The average molecular weight is 288 g/mol. The van der Waals surface area contributed by atoms with E-state index in [0.717, 1.165) is 4.90 Å². The molecule has 0 aliphatic carbocycles. The van der Waals surface area contributed by atoms with Gasteiger partial charge in [0.15, 0.2) is 5.82 Å². The van der Waals surface area contributed by atoms with E-state index in [1.54, 1.807) is 13.8 Å². The van der Waals surface area contributed by atoms with Crippen LogP contribution in [-0.2, 0) is 11.3 Å². The Morgan fingerprint density at radius 1 is 1.33 bits per heavy atom. The van der Waals surface area contributed by atoms with E-state index in [1.165, 1.54) is 18.6 Å². The van der Waals surface area contributed by atoms with Gasteiger partial charge in [0.05, 0.1) is 12.7 Å². The smallest absolute Gasteiger partial charge is 0.325 e. The van der Waals surface area contributed by atoms with Crippen LogP contribution < -0.4 is 5.32 Å². The predicted molar refractivity (Wildman–Crippen MR) is 68.5 cm³/mol. The fraction of sp³-hybridized carbons (Fsp3) is 0.333. The Balaban J connectivity index is 1.80. The van der Waals surface area contributed by atoms with Crippen molar-refractivity contribution in [1.29, 1.82) is 0 Å². The van der Waals surface area contributed by atoms with Gasteiger partial charge in [-0.05, 0) is 13.8 Å². The van der Waals surface area contributed by atoms with Crippen molar-refractivity contribution in [3.63, 3.8) is 0 Å². The zero-order chi connectivity index (χ0) is 15.0. The summed E-state index contributed by atoms with van der Waals surface area (Å²) in [6, 6.07) is -0.476. The minimum atomic E-state index is -0.922. The van der Waals surface area contributed by atoms with Crippen molar-refractivity contribution in [1.82, 2.24) is 30.3 Å². The number of nitrogens with one attached hydrogen (secondary N) is 1. The number of hydrogen-bond donors (Lipinski definition) is 1. The summed E-state index contributed by atoms with van der Waals surface area (Å²) in [7, 11) is 0. The van der Waals surface area contributed by atoms with E-state index >= 15 is 0 Å². The maximum atomic E-state index is 12.1. The summed E-state index contributed by atoms with van der Waals surface area (Å²) in [4.78, 5) is 36.9. The van der Waals surface area contributed by atoms with E-state index in [4.69, 9.17) is 4.52 Å². The highest BCUT2D eigenvalue weighted by Crippen LogP contribution is 2.19. The number of aromatic nitrogens is 4. The van der Waals surface area contributed by atoms with Crippen LogP contribution in [0.25, 0.3) is 11.6 Å². The molecule has 1 saturated heterocycles. The highest BCUT2D eigenvalue weighted by Gasteiger charge is 2.44. The molecule has 0 atom stereocenters. The zero-order valence-electron chi connectivity index (χ0n) is 11.4. The Bertz CT molecular complexity index is 696. The Morgan fingerprint density at radius 3 is 2.76 bits per heavy atom. The lowest BCUT2D eigenvalue weighted by atomic mass is 10.1. The van der Waals surface area contributed by atoms with E-state index in [0.29, 0.717) is 5.69 Å². The van der Waals surface area contributed by atoms with Crippen LogP contribution in [0.5, 0.6) is 0 Å². The van der Waals surface area contributed by atoms with Crippen molar-refractivity contribution in [2.75, 3.05) is 0 Å². The number of amides is 3. The third kappa shape index (κ3) is 2.33. The predicted octanol–water partition coefficient (Wildman–Crippen LogP) is 0.357. The molecule has 2 aromatic heterocycles. The minimum Gasteiger partial charge on any atom is -0.332 e. The zero-order valence-corrected chi connectivity index (χ0v) is 11.4. The molecular weight excluding hydrogens is 276 g/mol. The monoisotopic (exact) mass is 288 g/mol. The molecule has 2 aromatic rings. The Morgan fingerprint density at radius 2 is 2.14 bits per heavy atom. The normalized spacial score (nSPS) is 17.1. The number of carbonyl (C=O) groups excluding carboxylic acids is 2. The summed E-state index contributed by atoms with van der Waals surface area (Å²) >= 11 is 0. The first-order valence-corrected chi connectivity index (χ1v) is 6.20. The minimum absolute atomic E-state index is 0.0577. The van der Waals surface area contributed by atoms with Crippen LogP contribution in [-0.4, -0.2) is 42.5 Å². The lowest BCUT2D eigenvalue weighted by Gasteiger charge is -2.14. The first-order chi connectivity index (χ1) is 9.97. The molecule has 0 aromatic carbocycles. The summed E-state index contributed by atoms with van der Waals surface area (Å²) < 4.78 is 5.05. The number of urea groups is 1. The van der Waals surface area contributed by atoms with Crippen molar-refractivity contribution in [3.05, 3.63) is 24.4 Å². The SMILES string of the molecule is CC1(C)NC(=O)N(Cc2noc(-c3cnccn3)n2)C1=O. The van der Waals surface area contributed by atoms with E-state index in [1.807, 2.05) is 0 Å². The summed E-state index contributed by atoms with van der Waals surface area (Å²) in [5.74, 6) is 0.0691. The van der Waals surface area contributed by atoms with Crippen LogP contribution in [0.3, 0.4) is 0 Å². The van der Waals surface area contributed by atoms with Crippen molar-refractivity contribution in [2.45, 2.75) is 25.9 Å². The summed E-state index contributed by atoms with van der Waals surface area (Å²) in [6.45, 7) is 3.21. The molecule has 3 amide bonds. The van der Waals surface area contributed by atoms with Crippen molar-refractivity contribution >= 4 is 11.9 Å². The molecule has 0 spiro atoms. The number of hydrogen-bond acceptors (Lipinski definition) is 7. The second-order valence-corrected chi connectivity index (χ2v) is 5.05. The Kier molecular flexibility index (Phi) is 2.89. The van der Waals surface area contributed by atoms with E-state index in [9.17, 15) is 9.59 Å². The lowest BCUT2D eigenvalue weighted by Crippen LogP contribution is -2.40. The molecule has 0 saturated carbocycles. The Hall–Kier alpha value is -2.84. The van der Waals surface area contributed by atoms with Crippen molar-refractivity contribution in [3.8, 4) is 11.6 Å². The largest absolute Gasteiger partial charge is 0.332 e. The first kappa shape index (κ1) is 13.2. The van der Waals surface area contributed by atoms with Crippen molar-refractivity contribution < 1.29 is 14.1 Å². The van der Waals surface area contributed by atoms with Gasteiger partial charge < -0.3 is 9.84 Å². The summed E-state index contributed by atoms with van der Waals surface area (Å²) in [5.41, 5.74) is -0.497. The van der Waals surface area contributed by atoms with Crippen LogP contribution in [0, 0.1) is 0 Å². The third-order valence-corrected chi connectivity index (χ3v) is 2.99. The fourth-order valence-corrected chi connectivity index (χ4v) is 1.93. The number of nitrogens with zero attached hydrogens (tertiary/aromatic N) is 5. The second-order valence-electron chi connectivity index (χ2n) is 5.05. The van der Waals surface area contributed by atoms with Crippen molar-refractivity contribution in [2.24, 2.45) is 0 Å². The molecule has 3 heterocycles. The van der Waals surface area contributed by atoms with Gasteiger partial charge in [0.25, 0.3) is 11.8 Å². The number of rotatable bonds is 3. The van der Waals surface area contributed by atoms with Gasteiger partial charge in [-0.2, -0.15) is 4.98 Å². The molecule has 1 N–H and O–H groups in total. The Labute approximate surface area is 119 Å². The topological polar surface area (TPSA) is 114 Å². The van der Waals surface area contributed by atoms with Gasteiger partial charge in [-0.3, -0.25) is 14.7 Å². The van der Waals surface area contributed by atoms with Crippen LogP contribution in [0.1, 0.15) is 19.7 Å². The van der Waals surface area contributed by atoms with Gasteiger partial charge in [-0.25, -0.2) is 9.78 Å². The molecule has 9 nitrogen and oxygen atoms in total. The number of imide groups is 1. The number of carbonyl (C=O) groups is 2. The molecule has 108 valence electrons. The standard InChI is InChI=1S/C12H12N6O3/c1-12(2)10(19)18(11(20)16-12)6-8-15-9(21-17-8)7-5-13-3-4-14-7/h3-5H,6H2,1-2H3,(H,16,20). The maximum Gasteiger partial charge on any atom is 0.325 e. The van der Waals surface area contributed by atoms with Crippen LogP contribution >= 0.6 is 0 Å². The van der Waals surface area contributed by atoms with Crippen LogP contribution in [0.15, 0.2) is 23.1 Å². The van der Waals surface area contributed by atoms with Gasteiger partial charge in [-0.1, -0.05) is 5.16 Å². The van der Waals surface area contributed by atoms with E-state index in [2.05, 4.69) is 25.4 Å². The fourth-order valence-electron chi connectivity index (χ4n) is 1.93. The molecule has 0 radical (unpaired) electrons. The van der Waals surface area contributed by atoms with Crippen LogP contribution in [0.4, 0.5) is 4.79 Å². The molecule has 1 aliphatic rings. The molecule has 0 unspecified atom stereocenters. The molecule has 9 heteroatoms. The van der Waals surface area contributed by atoms with Gasteiger partial charge in [0.1, 0.15) is 11.2 Å². The van der Waals surface area contributed by atoms with Gasteiger partial charge >= 0.3 is 6.03 Å². The lowest BCUT2D eigenvalue weighted by molar-refractivity contribution is -0.130. The van der Waals surface area contributed by atoms with Crippen LogP contribution in [0.2, 0.25) is 0 Å². The highest BCUT2D eigenvalue weighted by molar-refractivity contribution is 6.06. The average Bonchev–Trinajstić information content (AvgIpc) is 2.99. The summed E-state index contributed by atoms with van der Waals surface area (Å²) in [6.07, 6.45) is 4.50. The quantitative estimate of drug-likeness (QED) is 0.811. The molecule has 3 rings (SSSR count). The first-order valence-electron chi connectivity index (χ1n) is 6.20. The van der Waals surface area contributed by atoms with Gasteiger partial charge in [0, 0.05) is 12.4 Å². The molecule has 0 bridgehead atoms. The molecular formula is C12H12N6O3. The van der Waals surface area contributed by atoms with Gasteiger partial charge in [-0.15, -0.1) is 0 Å². The van der Waals surface area contributed by atoms with Gasteiger partial charge in [0.2, 0.25) is 0 Å². The molecule has 1 fully saturated rings. The van der Waals surface area contributed by atoms with E-state index in [-0.39, 0.29) is 24.2 Å². The third-order valence-electron chi connectivity index (χ3n) is 2.99. The second kappa shape index (κ2) is 4.62. The maximum absolute atomic E-state index is 12.1. The molecule has 21 heavy (non-hydrogen) atoms. The highest BCUT2D eigenvalue weighted by atomic mass is 16.5. The van der Waals surface area contributed by atoms with E-state index < -0.39 is 11.6 Å². The summed E-state index contributed by atoms with van der Waals surface area (Å²) in [5, 5.41) is 6.33.